The predicted octanol–water partition coefficient (Wildman–Crippen LogP) is 4.33. The Morgan fingerprint density at radius 2 is 1.58 bits per heavy atom. The molecule has 1 rings (SSSR count). The van der Waals surface area contributed by atoms with Gasteiger partial charge >= 0.3 is 0 Å². The molecule has 1 fully saturated rings. The van der Waals surface area contributed by atoms with Gasteiger partial charge < -0.3 is 5.73 Å². The average molecular weight is 268 g/mol. The summed E-state index contributed by atoms with van der Waals surface area (Å²) in [5.74, 6) is 0. The second-order valence-electron chi connectivity index (χ2n) is 6.57. The van der Waals surface area contributed by atoms with Gasteiger partial charge in [0.1, 0.15) is 0 Å². The molecule has 1 aliphatic rings. The highest BCUT2D eigenvalue weighted by Crippen LogP contribution is 2.29. The van der Waals surface area contributed by atoms with Crippen LogP contribution in [-0.2, 0) is 0 Å². The van der Waals surface area contributed by atoms with Crippen molar-refractivity contribution < 1.29 is 0 Å². The largest absolute Gasteiger partial charge is 0.326 e. The van der Waals surface area contributed by atoms with Crippen molar-refractivity contribution in [3.05, 3.63) is 0 Å². The fourth-order valence-electron chi connectivity index (χ4n) is 3.40. The molecule has 2 heteroatoms. The topological polar surface area (TPSA) is 29.3 Å². The third kappa shape index (κ3) is 5.07. The van der Waals surface area contributed by atoms with Crippen molar-refractivity contribution in [2.45, 2.75) is 96.6 Å². The van der Waals surface area contributed by atoms with Crippen molar-refractivity contribution in [3.8, 4) is 0 Å². The normalized spacial score (nSPS) is 21.5. The molecule has 2 nitrogen and oxygen atoms in total. The van der Waals surface area contributed by atoms with Crippen LogP contribution in [-0.4, -0.2) is 29.6 Å². The highest BCUT2D eigenvalue weighted by Gasteiger charge is 2.36. The zero-order chi connectivity index (χ0) is 14.1. The van der Waals surface area contributed by atoms with Gasteiger partial charge in [0, 0.05) is 11.6 Å². The lowest BCUT2D eigenvalue weighted by molar-refractivity contribution is 0.0953. The maximum atomic E-state index is 6.54. The van der Waals surface area contributed by atoms with E-state index in [9.17, 15) is 0 Å². The molecule has 114 valence electrons. The fraction of sp³-hybridized carbons (Fsp3) is 1.00. The molecule has 0 spiro atoms. The minimum Gasteiger partial charge on any atom is -0.326 e. The zero-order valence-electron chi connectivity index (χ0n) is 13.6. The van der Waals surface area contributed by atoms with Gasteiger partial charge in [-0.1, -0.05) is 52.4 Å². The third-order valence-corrected chi connectivity index (χ3v) is 5.21. The monoisotopic (exact) mass is 268 g/mol. The molecule has 0 saturated carbocycles. The van der Waals surface area contributed by atoms with Crippen LogP contribution in [0.2, 0.25) is 0 Å². The molecule has 1 saturated heterocycles. The van der Waals surface area contributed by atoms with E-state index < -0.39 is 0 Å². The quantitative estimate of drug-likeness (QED) is 0.598. The Kier molecular flexibility index (Phi) is 8.01. The van der Waals surface area contributed by atoms with Gasteiger partial charge in [0.25, 0.3) is 0 Å². The van der Waals surface area contributed by atoms with E-state index in [2.05, 4.69) is 25.7 Å². The predicted molar refractivity (Wildman–Crippen MR) is 85.5 cm³/mol. The maximum absolute atomic E-state index is 6.54. The summed E-state index contributed by atoms with van der Waals surface area (Å²) in [6.07, 6.45) is 13.3. The van der Waals surface area contributed by atoms with Crippen molar-refractivity contribution in [1.29, 1.82) is 0 Å². The van der Waals surface area contributed by atoms with Crippen LogP contribution in [0.15, 0.2) is 0 Å². The van der Waals surface area contributed by atoms with E-state index in [1.54, 1.807) is 0 Å². The molecule has 0 bridgehead atoms. The zero-order valence-corrected chi connectivity index (χ0v) is 13.6. The number of hydrogen-bond acceptors (Lipinski definition) is 2. The highest BCUT2D eigenvalue weighted by molar-refractivity contribution is 4.96. The Labute approximate surface area is 121 Å². The average Bonchev–Trinajstić information content (AvgIpc) is 2.96. The number of likely N-dealkylation sites (tertiary alicyclic amines) is 1. The lowest BCUT2D eigenvalue weighted by Crippen LogP contribution is -2.56. The Bertz CT molecular complexity index is 223. The number of nitrogens with zero attached hydrogens (tertiary/aromatic N) is 1. The minimum absolute atomic E-state index is 0.236. The molecule has 1 aliphatic heterocycles. The summed E-state index contributed by atoms with van der Waals surface area (Å²) in [7, 11) is 0. The number of rotatable bonds is 10. The molecule has 0 aliphatic carbocycles. The Morgan fingerprint density at radius 3 is 2.16 bits per heavy atom. The SMILES string of the molecule is CCCCCCCCC(N)C(C)(CC)N1CCCC1. The standard InChI is InChI=1S/C17H36N2/c1-4-6-7-8-9-10-13-16(18)17(3,5-2)19-14-11-12-15-19/h16H,4-15,18H2,1-3H3. The summed E-state index contributed by atoms with van der Waals surface area (Å²) in [4.78, 5) is 2.65. The van der Waals surface area contributed by atoms with Crippen molar-refractivity contribution in [3.63, 3.8) is 0 Å². The van der Waals surface area contributed by atoms with Crippen LogP contribution in [0.5, 0.6) is 0 Å². The number of hydrogen-bond donors (Lipinski definition) is 1. The second kappa shape index (κ2) is 8.97. The van der Waals surface area contributed by atoms with Crippen molar-refractivity contribution in [2.24, 2.45) is 5.73 Å². The van der Waals surface area contributed by atoms with E-state index in [-0.39, 0.29) is 5.54 Å². The lowest BCUT2D eigenvalue weighted by atomic mass is 9.85. The van der Waals surface area contributed by atoms with E-state index in [1.807, 2.05) is 0 Å². The van der Waals surface area contributed by atoms with Crippen LogP contribution in [0.1, 0.15) is 85.0 Å². The molecule has 2 unspecified atom stereocenters. The molecular formula is C17H36N2. The van der Waals surface area contributed by atoms with E-state index >= 15 is 0 Å². The molecule has 19 heavy (non-hydrogen) atoms. The van der Waals surface area contributed by atoms with E-state index in [0.29, 0.717) is 6.04 Å². The first-order chi connectivity index (χ1) is 9.15. The molecule has 1 heterocycles. The van der Waals surface area contributed by atoms with Crippen molar-refractivity contribution in [2.75, 3.05) is 13.1 Å². The number of unbranched alkanes of at least 4 members (excludes halogenated alkanes) is 5. The van der Waals surface area contributed by atoms with Gasteiger partial charge in [0.2, 0.25) is 0 Å². The molecule has 0 aromatic carbocycles. The fourth-order valence-corrected chi connectivity index (χ4v) is 3.40. The van der Waals surface area contributed by atoms with Crippen LogP contribution in [0.3, 0.4) is 0 Å². The van der Waals surface area contributed by atoms with Gasteiger partial charge in [-0.3, -0.25) is 4.90 Å². The van der Waals surface area contributed by atoms with Crippen LogP contribution < -0.4 is 5.73 Å². The van der Waals surface area contributed by atoms with Gasteiger partial charge in [-0.2, -0.15) is 0 Å². The van der Waals surface area contributed by atoms with Crippen LogP contribution >= 0.6 is 0 Å². The summed E-state index contributed by atoms with van der Waals surface area (Å²) in [5.41, 5.74) is 6.78. The molecule has 0 amide bonds. The van der Waals surface area contributed by atoms with Gasteiger partial charge in [0.15, 0.2) is 0 Å². The summed E-state index contributed by atoms with van der Waals surface area (Å²) in [6, 6.07) is 0.349. The lowest BCUT2D eigenvalue weighted by Gasteiger charge is -2.43. The second-order valence-corrected chi connectivity index (χ2v) is 6.57. The summed E-state index contributed by atoms with van der Waals surface area (Å²) in [6.45, 7) is 9.49. The Hall–Kier alpha value is -0.0800. The summed E-state index contributed by atoms with van der Waals surface area (Å²) >= 11 is 0. The first kappa shape index (κ1) is 17.0. The van der Waals surface area contributed by atoms with E-state index in [4.69, 9.17) is 5.73 Å². The Balaban J connectivity index is 2.26. The van der Waals surface area contributed by atoms with Crippen molar-refractivity contribution in [1.82, 2.24) is 4.90 Å². The van der Waals surface area contributed by atoms with E-state index in [0.717, 1.165) is 0 Å². The third-order valence-electron chi connectivity index (χ3n) is 5.21. The number of nitrogens with two attached hydrogens (primary N) is 1. The maximum Gasteiger partial charge on any atom is 0.0329 e. The smallest absolute Gasteiger partial charge is 0.0329 e. The molecule has 2 atom stereocenters. The Morgan fingerprint density at radius 1 is 1.00 bits per heavy atom. The van der Waals surface area contributed by atoms with Crippen LogP contribution in [0.25, 0.3) is 0 Å². The highest BCUT2D eigenvalue weighted by atomic mass is 15.2. The van der Waals surface area contributed by atoms with Gasteiger partial charge in [0.05, 0.1) is 0 Å². The van der Waals surface area contributed by atoms with Crippen molar-refractivity contribution >= 4 is 0 Å². The molecule has 0 radical (unpaired) electrons. The molecule has 0 aromatic heterocycles. The summed E-state index contributed by atoms with van der Waals surface area (Å²) < 4.78 is 0. The van der Waals surface area contributed by atoms with Gasteiger partial charge in [-0.25, -0.2) is 0 Å². The molecular weight excluding hydrogens is 232 g/mol. The first-order valence-electron chi connectivity index (χ1n) is 8.65. The molecule has 0 aromatic rings. The molecule has 2 N–H and O–H groups in total. The minimum atomic E-state index is 0.236. The van der Waals surface area contributed by atoms with Crippen LogP contribution in [0, 0.1) is 0 Å². The van der Waals surface area contributed by atoms with Gasteiger partial charge in [-0.15, -0.1) is 0 Å². The van der Waals surface area contributed by atoms with Gasteiger partial charge in [-0.05, 0) is 45.7 Å². The van der Waals surface area contributed by atoms with Crippen LogP contribution in [0.4, 0.5) is 0 Å². The summed E-state index contributed by atoms with van der Waals surface area (Å²) in [5, 5.41) is 0. The first-order valence-corrected chi connectivity index (χ1v) is 8.65. The van der Waals surface area contributed by atoms with E-state index in [1.165, 1.54) is 77.3 Å².